The predicted octanol–water partition coefficient (Wildman–Crippen LogP) is 3.44. The van der Waals surface area contributed by atoms with Crippen molar-refractivity contribution in [1.29, 1.82) is 0 Å². The molecule has 0 fully saturated rings. The summed E-state index contributed by atoms with van der Waals surface area (Å²) in [7, 11) is 7.21. The van der Waals surface area contributed by atoms with Gasteiger partial charge in [0, 0.05) is 31.5 Å². The summed E-state index contributed by atoms with van der Waals surface area (Å²) in [5.74, 6) is 2.29. The van der Waals surface area contributed by atoms with Crippen LogP contribution in [-0.2, 0) is 0 Å². The molecule has 1 heterocycles. The Morgan fingerprint density at radius 2 is 1.70 bits per heavy atom. The molecule has 3 rings (SSSR count). The second kappa shape index (κ2) is 8.22. The maximum atomic E-state index is 5.39. The molecule has 3 aromatic rings. The fourth-order valence-corrected chi connectivity index (χ4v) is 2.43. The van der Waals surface area contributed by atoms with Crippen LogP contribution in [0.3, 0.4) is 0 Å². The predicted molar refractivity (Wildman–Crippen MR) is 107 cm³/mol. The molecule has 0 radical (unpaired) electrons. The number of aromatic nitrogens is 3. The van der Waals surface area contributed by atoms with E-state index in [0.29, 0.717) is 23.3 Å². The Morgan fingerprint density at radius 3 is 2.37 bits per heavy atom. The minimum Gasteiger partial charge on any atom is -0.497 e. The molecule has 0 aliphatic heterocycles. The van der Waals surface area contributed by atoms with Crippen molar-refractivity contribution in [1.82, 2.24) is 15.2 Å². The summed E-state index contributed by atoms with van der Waals surface area (Å²) in [5.41, 5.74) is 2.74. The van der Waals surface area contributed by atoms with Gasteiger partial charge in [0.1, 0.15) is 11.5 Å². The van der Waals surface area contributed by atoms with E-state index >= 15 is 0 Å². The number of hydrogen-bond donors (Lipinski definition) is 2. The van der Waals surface area contributed by atoms with E-state index in [1.807, 2.05) is 55.4 Å². The Balaban J connectivity index is 1.76. The van der Waals surface area contributed by atoms with E-state index in [4.69, 9.17) is 9.47 Å². The molecule has 27 heavy (non-hydrogen) atoms. The zero-order chi connectivity index (χ0) is 19.2. The van der Waals surface area contributed by atoms with Crippen LogP contribution in [0.15, 0.2) is 48.7 Å². The van der Waals surface area contributed by atoms with E-state index in [-0.39, 0.29) is 0 Å². The van der Waals surface area contributed by atoms with Gasteiger partial charge in [0.15, 0.2) is 5.82 Å². The van der Waals surface area contributed by atoms with Crippen LogP contribution in [0.2, 0.25) is 0 Å². The number of benzene rings is 2. The topological polar surface area (TPSA) is 84.4 Å². The molecule has 2 N–H and O–H groups in total. The van der Waals surface area contributed by atoms with Gasteiger partial charge in [-0.05, 0) is 36.4 Å². The standard InChI is InChI=1S/C19H22N6O2/c1-25(2)14-7-5-13(6-8-14)21-19-23-18(12-20-24-19)22-16-10-9-15(26-3)11-17(16)27-4/h5-12H,1-4H3,(H2,21,22,23,24). The number of nitrogens with zero attached hydrogens (tertiary/aromatic N) is 4. The number of nitrogens with one attached hydrogen (secondary N) is 2. The van der Waals surface area contributed by atoms with Gasteiger partial charge in [-0.1, -0.05) is 0 Å². The molecule has 0 saturated carbocycles. The van der Waals surface area contributed by atoms with E-state index in [1.54, 1.807) is 26.5 Å². The van der Waals surface area contributed by atoms with E-state index in [9.17, 15) is 0 Å². The van der Waals surface area contributed by atoms with Crippen molar-refractivity contribution in [3.05, 3.63) is 48.7 Å². The lowest BCUT2D eigenvalue weighted by atomic mass is 10.2. The van der Waals surface area contributed by atoms with Crippen molar-refractivity contribution >= 4 is 28.8 Å². The summed E-state index contributed by atoms with van der Waals surface area (Å²) in [4.78, 5) is 6.48. The van der Waals surface area contributed by atoms with Crippen molar-refractivity contribution < 1.29 is 9.47 Å². The maximum Gasteiger partial charge on any atom is 0.249 e. The molecule has 1 aromatic heterocycles. The highest BCUT2D eigenvalue weighted by molar-refractivity contribution is 5.66. The van der Waals surface area contributed by atoms with Gasteiger partial charge in [-0.15, -0.1) is 5.10 Å². The molecule has 0 amide bonds. The molecule has 0 spiro atoms. The molecule has 0 aliphatic carbocycles. The smallest absolute Gasteiger partial charge is 0.249 e. The summed E-state index contributed by atoms with van der Waals surface area (Å²) in [6.45, 7) is 0. The number of anilines is 5. The Labute approximate surface area is 158 Å². The average Bonchev–Trinajstić information content (AvgIpc) is 2.69. The van der Waals surface area contributed by atoms with Crippen molar-refractivity contribution in [2.45, 2.75) is 0 Å². The third kappa shape index (κ3) is 4.55. The maximum absolute atomic E-state index is 5.39. The molecule has 2 aromatic carbocycles. The first-order chi connectivity index (χ1) is 13.1. The van der Waals surface area contributed by atoms with Gasteiger partial charge in [-0.3, -0.25) is 0 Å². The fourth-order valence-electron chi connectivity index (χ4n) is 2.43. The minimum atomic E-state index is 0.394. The third-order valence-electron chi connectivity index (χ3n) is 3.87. The second-order valence-corrected chi connectivity index (χ2v) is 5.92. The van der Waals surface area contributed by atoms with E-state index < -0.39 is 0 Å². The Kier molecular flexibility index (Phi) is 5.55. The number of rotatable bonds is 7. The van der Waals surface area contributed by atoms with Crippen LogP contribution in [0.1, 0.15) is 0 Å². The lowest BCUT2D eigenvalue weighted by Crippen LogP contribution is -2.08. The first-order valence-corrected chi connectivity index (χ1v) is 8.32. The Morgan fingerprint density at radius 1 is 0.926 bits per heavy atom. The number of ether oxygens (including phenoxy) is 2. The molecule has 0 bridgehead atoms. The normalized spacial score (nSPS) is 10.2. The Bertz CT molecular complexity index is 899. The lowest BCUT2D eigenvalue weighted by molar-refractivity contribution is 0.395. The first-order valence-electron chi connectivity index (χ1n) is 8.32. The summed E-state index contributed by atoms with van der Waals surface area (Å²) < 4.78 is 10.6. The quantitative estimate of drug-likeness (QED) is 0.658. The number of hydrogen-bond acceptors (Lipinski definition) is 8. The molecule has 0 aliphatic rings. The molecule has 0 atom stereocenters. The molecule has 8 nitrogen and oxygen atoms in total. The highest BCUT2D eigenvalue weighted by Gasteiger charge is 2.08. The van der Waals surface area contributed by atoms with Crippen LogP contribution in [0.4, 0.5) is 28.8 Å². The molecule has 0 unspecified atom stereocenters. The van der Waals surface area contributed by atoms with E-state index in [0.717, 1.165) is 17.1 Å². The number of methoxy groups -OCH3 is 2. The van der Waals surface area contributed by atoms with Gasteiger partial charge >= 0.3 is 0 Å². The summed E-state index contributed by atoms with van der Waals surface area (Å²) in [6.07, 6.45) is 1.55. The van der Waals surface area contributed by atoms with Crippen LogP contribution in [-0.4, -0.2) is 43.5 Å². The van der Waals surface area contributed by atoms with Crippen LogP contribution >= 0.6 is 0 Å². The third-order valence-corrected chi connectivity index (χ3v) is 3.87. The summed E-state index contributed by atoms with van der Waals surface area (Å²) >= 11 is 0. The highest BCUT2D eigenvalue weighted by atomic mass is 16.5. The lowest BCUT2D eigenvalue weighted by Gasteiger charge is -2.13. The zero-order valence-electron chi connectivity index (χ0n) is 15.7. The van der Waals surface area contributed by atoms with Gasteiger partial charge < -0.3 is 25.0 Å². The Hall–Kier alpha value is -3.55. The summed E-state index contributed by atoms with van der Waals surface area (Å²) in [5, 5.41) is 14.4. The highest BCUT2D eigenvalue weighted by Crippen LogP contribution is 2.31. The van der Waals surface area contributed by atoms with Crippen molar-refractivity contribution in [2.24, 2.45) is 0 Å². The van der Waals surface area contributed by atoms with E-state index in [2.05, 4.69) is 25.8 Å². The van der Waals surface area contributed by atoms with Crippen molar-refractivity contribution in [3.8, 4) is 11.5 Å². The molecular formula is C19H22N6O2. The van der Waals surface area contributed by atoms with Gasteiger partial charge in [0.05, 0.1) is 26.1 Å². The molecule has 140 valence electrons. The van der Waals surface area contributed by atoms with Gasteiger partial charge in [-0.25, -0.2) is 0 Å². The van der Waals surface area contributed by atoms with Crippen LogP contribution < -0.4 is 25.0 Å². The fraction of sp³-hybridized carbons (Fsp3) is 0.211. The zero-order valence-corrected chi connectivity index (χ0v) is 15.7. The van der Waals surface area contributed by atoms with Crippen molar-refractivity contribution in [3.63, 3.8) is 0 Å². The van der Waals surface area contributed by atoms with Gasteiger partial charge in [0.25, 0.3) is 0 Å². The molecule has 8 heteroatoms. The largest absolute Gasteiger partial charge is 0.497 e. The van der Waals surface area contributed by atoms with Crippen LogP contribution in [0, 0.1) is 0 Å². The SMILES string of the molecule is COc1ccc(Nc2cnnc(Nc3ccc(N(C)C)cc3)n2)c(OC)c1. The first kappa shape index (κ1) is 18.2. The van der Waals surface area contributed by atoms with Crippen LogP contribution in [0.5, 0.6) is 11.5 Å². The van der Waals surface area contributed by atoms with Gasteiger partial charge in [-0.2, -0.15) is 10.1 Å². The van der Waals surface area contributed by atoms with Gasteiger partial charge in [0.2, 0.25) is 5.95 Å². The molecular weight excluding hydrogens is 344 g/mol. The minimum absolute atomic E-state index is 0.394. The van der Waals surface area contributed by atoms with Crippen molar-refractivity contribution in [2.75, 3.05) is 43.8 Å². The second-order valence-electron chi connectivity index (χ2n) is 5.92. The monoisotopic (exact) mass is 366 g/mol. The van der Waals surface area contributed by atoms with E-state index in [1.165, 1.54) is 0 Å². The molecule has 0 saturated heterocycles. The summed E-state index contributed by atoms with van der Waals surface area (Å²) in [6, 6.07) is 13.4. The van der Waals surface area contributed by atoms with Crippen LogP contribution in [0.25, 0.3) is 0 Å². The average molecular weight is 366 g/mol.